The number of rotatable bonds is 9. The zero-order chi connectivity index (χ0) is 21.5. The number of ether oxygens (including phenoxy) is 2. The zero-order valence-corrected chi connectivity index (χ0v) is 17.5. The van der Waals surface area contributed by atoms with Crippen LogP contribution in [0.1, 0.15) is 12.2 Å². The Morgan fingerprint density at radius 2 is 2.03 bits per heavy atom. The summed E-state index contributed by atoms with van der Waals surface area (Å²) in [5, 5.41) is 11.7. The van der Waals surface area contributed by atoms with Gasteiger partial charge in [-0.2, -0.15) is 0 Å². The highest BCUT2D eigenvalue weighted by Crippen LogP contribution is 2.28. The first-order valence-corrected chi connectivity index (χ1v) is 10.2. The third kappa shape index (κ3) is 5.77. The molecule has 0 saturated carbocycles. The highest BCUT2D eigenvalue weighted by atomic mass is 35.5. The molecule has 0 radical (unpaired) electrons. The third-order valence-electron chi connectivity index (χ3n) is 3.91. The maximum absolute atomic E-state index is 12.9. The van der Waals surface area contributed by atoms with Crippen molar-refractivity contribution in [2.45, 2.75) is 18.2 Å². The molecule has 0 aliphatic heterocycles. The summed E-state index contributed by atoms with van der Waals surface area (Å²) in [5.41, 5.74) is 0.502. The first kappa shape index (κ1) is 21.7. The van der Waals surface area contributed by atoms with Gasteiger partial charge in [0, 0.05) is 17.2 Å². The van der Waals surface area contributed by atoms with Gasteiger partial charge in [0.05, 0.1) is 12.8 Å². The van der Waals surface area contributed by atoms with Crippen LogP contribution in [0.4, 0.5) is 10.1 Å². The molecule has 0 saturated heterocycles. The number of nitrogens with two attached hydrogens (primary N) is 1. The van der Waals surface area contributed by atoms with E-state index in [0.717, 1.165) is 0 Å². The van der Waals surface area contributed by atoms with Crippen molar-refractivity contribution in [1.29, 1.82) is 0 Å². The topological polar surface area (TPSA) is 104 Å². The second-order valence-electron chi connectivity index (χ2n) is 6.00. The number of anilines is 1. The molecule has 3 rings (SSSR count). The quantitative estimate of drug-likeness (QED) is 0.379. The lowest BCUT2D eigenvalue weighted by Crippen LogP contribution is -2.16. The fourth-order valence-electron chi connectivity index (χ4n) is 2.41. The molecule has 0 bridgehead atoms. The van der Waals surface area contributed by atoms with Gasteiger partial charge in [0.1, 0.15) is 23.9 Å². The molecular formula is C19H19ClFN5O3S. The van der Waals surface area contributed by atoms with Crippen LogP contribution in [0, 0.1) is 5.82 Å². The molecule has 30 heavy (non-hydrogen) atoms. The van der Waals surface area contributed by atoms with Crippen LogP contribution in [-0.4, -0.2) is 33.6 Å². The van der Waals surface area contributed by atoms with Crippen molar-refractivity contribution < 1.29 is 18.7 Å². The van der Waals surface area contributed by atoms with Crippen molar-refractivity contribution in [3.8, 4) is 11.5 Å². The standard InChI is InChI=1S/C19H19ClFN5O3S/c1-28-16-7-2-12(20)10-15(16)23-18(27)8-9-30-19-25-24-17(26(19)22)11-29-14-5-3-13(21)4-6-14/h2-7,10H,8-9,11,22H2,1H3,(H,23,27). The summed E-state index contributed by atoms with van der Waals surface area (Å²) >= 11 is 7.25. The summed E-state index contributed by atoms with van der Waals surface area (Å²) in [7, 11) is 1.51. The van der Waals surface area contributed by atoms with Gasteiger partial charge in [0.25, 0.3) is 0 Å². The predicted molar refractivity (Wildman–Crippen MR) is 113 cm³/mol. The fraction of sp³-hybridized carbons (Fsp3) is 0.211. The zero-order valence-electron chi connectivity index (χ0n) is 16.0. The number of halogens is 2. The van der Waals surface area contributed by atoms with Gasteiger partial charge in [-0.1, -0.05) is 23.4 Å². The number of hydrogen-bond donors (Lipinski definition) is 2. The third-order valence-corrected chi connectivity index (χ3v) is 5.09. The summed E-state index contributed by atoms with van der Waals surface area (Å²) in [6, 6.07) is 10.6. The van der Waals surface area contributed by atoms with Crippen LogP contribution < -0.4 is 20.6 Å². The largest absolute Gasteiger partial charge is 0.495 e. The molecule has 1 amide bonds. The number of nitrogens with one attached hydrogen (secondary N) is 1. The molecule has 1 aromatic heterocycles. The SMILES string of the molecule is COc1ccc(Cl)cc1NC(=O)CCSc1nnc(COc2ccc(F)cc2)n1N. The van der Waals surface area contributed by atoms with E-state index < -0.39 is 0 Å². The highest BCUT2D eigenvalue weighted by molar-refractivity contribution is 7.99. The Morgan fingerprint density at radius 3 is 2.77 bits per heavy atom. The van der Waals surface area contributed by atoms with Gasteiger partial charge in [-0.05, 0) is 42.5 Å². The first-order chi connectivity index (χ1) is 14.5. The molecule has 158 valence electrons. The molecule has 8 nitrogen and oxygen atoms in total. The van der Waals surface area contributed by atoms with Crippen molar-refractivity contribution in [1.82, 2.24) is 14.9 Å². The number of thioether (sulfide) groups is 1. The van der Waals surface area contributed by atoms with E-state index in [4.69, 9.17) is 26.9 Å². The lowest BCUT2D eigenvalue weighted by atomic mass is 10.3. The van der Waals surface area contributed by atoms with Gasteiger partial charge in [-0.25, -0.2) is 9.07 Å². The molecular weight excluding hydrogens is 433 g/mol. The van der Waals surface area contributed by atoms with Crippen LogP contribution in [0.3, 0.4) is 0 Å². The van der Waals surface area contributed by atoms with E-state index in [1.54, 1.807) is 18.2 Å². The molecule has 1 heterocycles. The number of benzene rings is 2. The molecule has 3 aromatic rings. The van der Waals surface area contributed by atoms with E-state index in [1.807, 2.05) is 0 Å². The molecule has 0 unspecified atom stereocenters. The van der Waals surface area contributed by atoms with E-state index in [2.05, 4.69) is 15.5 Å². The average molecular weight is 452 g/mol. The van der Waals surface area contributed by atoms with Crippen LogP contribution >= 0.6 is 23.4 Å². The Hall–Kier alpha value is -2.98. The molecule has 3 N–H and O–H groups in total. The minimum Gasteiger partial charge on any atom is -0.495 e. The summed E-state index contributed by atoms with van der Waals surface area (Å²) in [5.74, 6) is 7.28. The summed E-state index contributed by atoms with van der Waals surface area (Å²) in [4.78, 5) is 12.2. The van der Waals surface area contributed by atoms with Crippen LogP contribution in [-0.2, 0) is 11.4 Å². The van der Waals surface area contributed by atoms with Crippen LogP contribution in [0.2, 0.25) is 5.02 Å². The molecule has 11 heteroatoms. The highest BCUT2D eigenvalue weighted by Gasteiger charge is 2.13. The monoisotopic (exact) mass is 451 g/mol. The van der Waals surface area contributed by atoms with Gasteiger partial charge in [-0.15, -0.1) is 10.2 Å². The van der Waals surface area contributed by atoms with E-state index >= 15 is 0 Å². The summed E-state index contributed by atoms with van der Waals surface area (Å²) < 4.78 is 24.9. The minimum atomic E-state index is -0.346. The normalized spacial score (nSPS) is 10.6. The Morgan fingerprint density at radius 1 is 1.27 bits per heavy atom. The smallest absolute Gasteiger partial charge is 0.225 e. The van der Waals surface area contributed by atoms with Gasteiger partial charge < -0.3 is 20.6 Å². The predicted octanol–water partition coefficient (Wildman–Crippen LogP) is 3.49. The number of carbonyl (C=O) groups excluding carboxylic acids is 1. The van der Waals surface area contributed by atoms with E-state index in [9.17, 15) is 9.18 Å². The van der Waals surface area contributed by atoms with Gasteiger partial charge in [-0.3, -0.25) is 4.79 Å². The Balaban J connectivity index is 1.48. The number of amides is 1. The number of nitrogen functional groups attached to an aromatic ring is 1. The van der Waals surface area contributed by atoms with Gasteiger partial charge in [0.15, 0.2) is 5.82 Å². The van der Waals surface area contributed by atoms with Gasteiger partial charge in [0.2, 0.25) is 11.1 Å². The van der Waals surface area contributed by atoms with E-state index in [0.29, 0.717) is 38.9 Å². The molecule has 2 aromatic carbocycles. The molecule has 0 aliphatic carbocycles. The maximum Gasteiger partial charge on any atom is 0.225 e. The van der Waals surface area contributed by atoms with Crippen molar-refractivity contribution in [2.75, 3.05) is 24.0 Å². The Labute approximate surface area is 181 Å². The van der Waals surface area contributed by atoms with Crippen molar-refractivity contribution in [2.24, 2.45) is 0 Å². The van der Waals surface area contributed by atoms with Crippen LogP contribution in [0.5, 0.6) is 11.5 Å². The number of carbonyl (C=O) groups is 1. The Kier molecular flexibility index (Phi) is 7.36. The second-order valence-corrected chi connectivity index (χ2v) is 7.50. The lowest BCUT2D eigenvalue weighted by molar-refractivity contribution is -0.115. The fourth-order valence-corrected chi connectivity index (χ4v) is 3.39. The van der Waals surface area contributed by atoms with Crippen molar-refractivity contribution >= 4 is 35.0 Å². The van der Waals surface area contributed by atoms with E-state index in [1.165, 1.54) is 47.8 Å². The molecule has 0 atom stereocenters. The second kappa shape index (κ2) is 10.2. The maximum atomic E-state index is 12.9. The number of nitrogens with zero attached hydrogens (tertiary/aromatic N) is 3. The first-order valence-electron chi connectivity index (χ1n) is 8.80. The number of aromatic nitrogens is 3. The minimum absolute atomic E-state index is 0.0741. The average Bonchev–Trinajstić information content (AvgIpc) is 3.07. The number of methoxy groups -OCH3 is 1. The van der Waals surface area contributed by atoms with Crippen molar-refractivity contribution in [3.63, 3.8) is 0 Å². The molecule has 0 fully saturated rings. The summed E-state index contributed by atoms with van der Waals surface area (Å²) in [6.07, 6.45) is 0.217. The number of hydrogen-bond acceptors (Lipinski definition) is 7. The molecule has 0 aliphatic rings. The van der Waals surface area contributed by atoms with Crippen molar-refractivity contribution in [3.05, 3.63) is 59.1 Å². The lowest BCUT2D eigenvalue weighted by Gasteiger charge is -2.10. The van der Waals surface area contributed by atoms with Crippen LogP contribution in [0.15, 0.2) is 47.6 Å². The molecule has 0 spiro atoms. The van der Waals surface area contributed by atoms with Crippen LogP contribution in [0.25, 0.3) is 0 Å². The van der Waals surface area contributed by atoms with Gasteiger partial charge >= 0.3 is 0 Å². The Bertz CT molecular complexity index is 1020. The van der Waals surface area contributed by atoms with E-state index in [-0.39, 0.29) is 24.8 Å². The summed E-state index contributed by atoms with van der Waals surface area (Å²) in [6.45, 7) is 0.0741.